The third kappa shape index (κ3) is 3.34. The fraction of sp³-hybridized carbons (Fsp3) is 0.385. The summed E-state index contributed by atoms with van der Waals surface area (Å²) >= 11 is 0. The van der Waals surface area contributed by atoms with Crippen molar-refractivity contribution in [3.63, 3.8) is 0 Å². The number of aromatic amines is 1. The van der Waals surface area contributed by atoms with Crippen molar-refractivity contribution in [2.24, 2.45) is 5.92 Å². The zero-order valence-electron chi connectivity index (χ0n) is 18.8. The molecule has 0 bridgehead atoms. The third-order valence-electron chi connectivity index (χ3n) is 6.73. The lowest BCUT2D eigenvalue weighted by molar-refractivity contribution is -0.158. The van der Waals surface area contributed by atoms with Crippen LogP contribution >= 0.6 is 0 Å². The highest BCUT2D eigenvalue weighted by Gasteiger charge is 2.48. The van der Waals surface area contributed by atoms with Crippen LogP contribution in [-0.2, 0) is 16.0 Å². The molecular weight excluding hydrogens is 402 g/mol. The van der Waals surface area contributed by atoms with E-state index in [1.165, 1.54) is 0 Å². The summed E-state index contributed by atoms with van der Waals surface area (Å²) in [5.74, 6) is 1.26. The lowest BCUT2D eigenvalue weighted by Gasteiger charge is -2.47. The van der Waals surface area contributed by atoms with Gasteiger partial charge < -0.3 is 19.5 Å². The molecule has 2 aliphatic heterocycles. The maximum absolute atomic E-state index is 13.6. The SMILES string of the molecule is COc1cccc([C@H]2c3[nH]c4ccccc4c3C[C@H]3C(=O)N(CCC(C)C)CC(=O)N23)c1. The van der Waals surface area contributed by atoms with Gasteiger partial charge in [-0.3, -0.25) is 9.59 Å². The summed E-state index contributed by atoms with van der Waals surface area (Å²) in [5, 5.41) is 1.12. The molecule has 2 amide bonds. The first-order valence-corrected chi connectivity index (χ1v) is 11.3. The first-order chi connectivity index (χ1) is 15.5. The minimum atomic E-state index is -0.494. The van der Waals surface area contributed by atoms with Gasteiger partial charge >= 0.3 is 0 Å². The number of fused-ring (bicyclic) bond motifs is 4. The average Bonchev–Trinajstić information content (AvgIpc) is 3.17. The molecule has 2 aromatic carbocycles. The maximum atomic E-state index is 13.6. The fourth-order valence-electron chi connectivity index (χ4n) is 5.08. The van der Waals surface area contributed by atoms with Crippen LogP contribution in [0.25, 0.3) is 10.9 Å². The molecule has 1 fully saturated rings. The Morgan fingerprint density at radius 1 is 1.12 bits per heavy atom. The molecule has 1 aromatic heterocycles. The summed E-state index contributed by atoms with van der Waals surface area (Å²) in [6, 6.07) is 15.1. The molecule has 1 N–H and O–H groups in total. The zero-order valence-corrected chi connectivity index (χ0v) is 18.8. The molecule has 0 saturated carbocycles. The Kier molecular flexibility index (Phi) is 5.16. The van der Waals surface area contributed by atoms with Crippen LogP contribution in [0.15, 0.2) is 48.5 Å². The van der Waals surface area contributed by atoms with E-state index in [-0.39, 0.29) is 24.4 Å². The molecule has 0 spiro atoms. The van der Waals surface area contributed by atoms with E-state index in [1.54, 1.807) is 16.9 Å². The van der Waals surface area contributed by atoms with Crippen molar-refractivity contribution in [3.05, 3.63) is 65.4 Å². The third-order valence-corrected chi connectivity index (χ3v) is 6.73. The molecule has 0 aliphatic carbocycles. The topological polar surface area (TPSA) is 65.6 Å². The highest BCUT2D eigenvalue weighted by molar-refractivity contribution is 5.97. The van der Waals surface area contributed by atoms with Gasteiger partial charge in [-0.2, -0.15) is 0 Å². The number of hydrogen-bond acceptors (Lipinski definition) is 3. The number of para-hydroxylation sites is 1. The van der Waals surface area contributed by atoms with Gasteiger partial charge in [-0.1, -0.05) is 44.2 Å². The highest BCUT2D eigenvalue weighted by atomic mass is 16.5. The number of nitrogens with one attached hydrogen (secondary N) is 1. The predicted octanol–water partition coefficient (Wildman–Crippen LogP) is 3.91. The van der Waals surface area contributed by atoms with E-state index < -0.39 is 6.04 Å². The van der Waals surface area contributed by atoms with Crippen molar-refractivity contribution < 1.29 is 14.3 Å². The second-order valence-corrected chi connectivity index (χ2v) is 9.21. The largest absolute Gasteiger partial charge is 0.497 e. The Morgan fingerprint density at radius 3 is 2.72 bits per heavy atom. The molecule has 3 aromatic rings. The van der Waals surface area contributed by atoms with Gasteiger partial charge in [0.15, 0.2) is 0 Å². The van der Waals surface area contributed by atoms with Crippen molar-refractivity contribution in [1.29, 1.82) is 0 Å². The van der Waals surface area contributed by atoms with E-state index in [0.717, 1.165) is 39.9 Å². The van der Waals surface area contributed by atoms with Crippen LogP contribution in [-0.4, -0.2) is 52.8 Å². The number of methoxy groups -OCH3 is 1. The second-order valence-electron chi connectivity index (χ2n) is 9.21. The summed E-state index contributed by atoms with van der Waals surface area (Å²) in [6.07, 6.45) is 1.42. The van der Waals surface area contributed by atoms with Gasteiger partial charge in [-0.25, -0.2) is 0 Å². The number of amides is 2. The van der Waals surface area contributed by atoms with E-state index in [2.05, 4.69) is 24.9 Å². The first-order valence-electron chi connectivity index (χ1n) is 11.3. The number of rotatable bonds is 5. The summed E-state index contributed by atoms with van der Waals surface area (Å²) in [5.41, 5.74) is 4.09. The number of hydrogen-bond donors (Lipinski definition) is 1. The zero-order chi connectivity index (χ0) is 22.4. The summed E-state index contributed by atoms with van der Waals surface area (Å²) in [7, 11) is 1.64. The summed E-state index contributed by atoms with van der Waals surface area (Å²) < 4.78 is 5.46. The molecule has 0 unspecified atom stereocenters. The number of piperazine rings is 1. The Balaban J connectivity index is 1.64. The highest BCUT2D eigenvalue weighted by Crippen LogP contribution is 2.43. The number of carbonyl (C=O) groups excluding carboxylic acids is 2. The van der Waals surface area contributed by atoms with E-state index in [9.17, 15) is 9.59 Å². The van der Waals surface area contributed by atoms with Gasteiger partial charge in [0.05, 0.1) is 19.7 Å². The Morgan fingerprint density at radius 2 is 1.94 bits per heavy atom. The van der Waals surface area contributed by atoms with Crippen LogP contribution in [0, 0.1) is 5.92 Å². The van der Waals surface area contributed by atoms with Gasteiger partial charge in [-0.05, 0) is 41.7 Å². The normalized spacial score (nSPS) is 20.6. The maximum Gasteiger partial charge on any atom is 0.246 e. The molecule has 166 valence electrons. The molecule has 1 saturated heterocycles. The number of aromatic nitrogens is 1. The Labute approximate surface area is 188 Å². The molecule has 5 rings (SSSR count). The molecule has 32 heavy (non-hydrogen) atoms. The minimum absolute atomic E-state index is 0.00418. The monoisotopic (exact) mass is 431 g/mol. The number of H-pyrrole nitrogens is 1. The Hall–Kier alpha value is -3.28. The van der Waals surface area contributed by atoms with E-state index in [0.29, 0.717) is 18.9 Å². The quantitative estimate of drug-likeness (QED) is 0.666. The van der Waals surface area contributed by atoms with Gasteiger partial charge in [-0.15, -0.1) is 0 Å². The number of nitrogens with zero attached hydrogens (tertiary/aromatic N) is 2. The van der Waals surface area contributed by atoms with E-state index in [1.807, 2.05) is 42.5 Å². The van der Waals surface area contributed by atoms with Crippen LogP contribution in [0.3, 0.4) is 0 Å². The predicted molar refractivity (Wildman–Crippen MR) is 124 cm³/mol. The molecule has 2 aliphatic rings. The average molecular weight is 432 g/mol. The van der Waals surface area contributed by atoms with Crippen LogP contribution in [0.1, 0.15) is 43.1 Å². The lowest BCUT2D eigenvalue weighted by Crippen LogP contribution is -2.63. The Bertz CT molecular complexity index is 1180. The van der Waals surface area contributed by atoms with E-state index >= 15 is 0 Å². The molecule has 2 atom stereocenters. The van der Waals surface area contributed by atoms with Crippen molar-refractivity contribution in [2.45, 2.75) is 38.8 Å². The smallest absolute Gasteiger partial charge is 0.246 e. The molecule has 6 nitrogen and oxygen atoms in total. The van der Waals surface area contributed by atoms with Crippen LogP contribution < -0.4 is 4.74 Å². The second kappa shape index (κ2) is 8.01. The van der Waals surface area contributed by atoms with Crippen LogP contribution in [0.2, 0.25) is 0 Å². The van der Waals surface area contributed by atoms with Gasteiger partial charge in [0.1, 0.15) is 11.8 Å². The van der Waals surface area contributed by atoms with Crippen molar-refractivity contribution in [2.75, 3.05) is 20.2 Å². The van der Waals surface area contributed by atoms with Gasteiger partial charge in [0.25, 0.3) is 0 Å². The molecule has 0 radical (unpaired) electrons. The van der Waals surface area contributed by atoms with Crippen LogP contribution in [0.5, 0.6) is 5.75 Å². The summed E-state index contributed by atoms with van der Waals surface area (Å²) in [4.78, 5) is 34.2. The lowest BCUT2D eigenvalue weighted by atomic mass is 9.86. The molecular formula is C26H29N3O3. The summed E-state index contributed by atoms with van der Waals surface area (Å²) in [6.45, 7) is 5.04. The van der Waals surface area contributed by atoms with E-state index in [4.69, 9.17) is 4.74 Å². The number of carbonyl (C=O) groups is 2. The van der Waals surface area contributed by atoms with Gasteiger partial charge in [0.2, 0.25) is 11.8 Å². The molecule has 6 heteroatoms. The van der Waals surface area contributed by atoms with Crippen LogP contribution in [0.4, 0.5) is 0 Å². The first kappa shape index (κ1) is 20.6. The van der Waals surface area contributed by atoms with Gasteiger partial charge in [0, 0.05) is 29.6 Å². The minimum Gasteiger partial charge on any atom is -0.497 e. The van der Waals surface area contributed by atoms with Crippen molar-refractivity contribution in [3.8, 4) is 5.75 Å². The molecule has 3 heterocycles. The van der Waals surface area contributed by atoms with Crippen molar-refractivity contribution in [1.82, 2.24) is 14.8 Å². The standard InChI is InChI=1S/C26H29N3O3/c1-16(2)11-12-28-15-23(30)29-22(26(28)31)14-20-19-9-4-5-10-21(19)27-24(20)25(29)17-7-6-8-18(13-17)32-3/h4-10,13,16,22,25,27H,11-12,14-15H2,1-3H3/t22-,25-/m0/s1. The fourth-order valence-corrected chi connectivity index (χ4v) is 5.08. The number of benzene rings is 2. The number of ether oxygens (including phenoxy) is 1. The van der Waals surface area contributed by atoms with Crippen molar-refractivity contribution >= 4 is 22.7 Å².